The standard InChI is InChI=1S/C20H18ClN5O3S/c1-25-16-9-4-12(21)10-15(16)19(27)26(2)17-11-22-20(24-18(17)25)23-13-5-7-14(8-6-13)30(3,28)29/h4-11H,1-3H3,(H,22,23,24). The largest absolute Gasteiger partial charge is 0.327 e. The highest BCUT2D eigenvalue weighted by atomic mass is 35.5. The monoisotopic (exact) mass is 443 g/mol. The van der Waals surface area contributed by atoms with Gasteiger partial charge in [0.25, 0.3) is 5.91 Å². The Morgan fingerprint density at radius 1 is 1.00 bits per heavy atom. The molecular formula is C20H18ClN5O3S. The van der Waals surface area contributed by atoms with Gasteiger partial charge in [0.05, 0.1) is 22.3 Å². The van der Waals surface area contributed by atoms with Gasteiger partial charge in [-0.1, -0.05) is 11.6 Å². The number of rotatable bonds is 3. The van der Waals surface area contributed by atoms with Crippen LogP contribution < -0.4 is 15.1 Å². The van der Waals surface area contributed by atoms with E-state index in [0.717, 1.165) is 6.26 Å². The van der Waals surface area contributed by atoms with E-state index in [1.807, 2.05) is 11.9 Å². The lowest BCUT2D eigenvalue weighted by atomic mass is 10.1. The van der Waals surface area contributed by atoms with Crippen molar-refractivity contribution in [2.24, 2.45) is 0 Å². The molecule has 1 aliphatic rings. The molecule has 1 amide bonds. The zero-order valence-corrected chi connectivity index (χ0v) is 18.0. The van der Waals surface area contributed by atoms with E-state index in [9.17, 15) is 13.2 Å². The number of benzene rings is 2. The Bertz CT molecular complexity index is 1260. The minimum atomic E-state index is -3.27. The number of carbonyl (C=O) groups is 1. The number of nitrogens with zero attached hydrogens (tertiary/aromatic N) is 4. The van der Waals surface area contributed by atoms with Gasteiger partial charge in [-0.3, -0.25) is 4.79 Å². The topological polar surface area (TPSA) is 95.5 Å². The van der Waals surface area contributed by atoms with Crippen molar-refractivity contribution < 1.29 is 13.2 Å². The maximum Gasteiger partial charge on any atom is 0.260 e. The third-order valence-corrected chi connectivity index (χ3v) is 6.19. The molecule has 0 radical (unpaired) electrons. The Labute approximate surface area is 179 Å². The number of nitrogens with one attached hydrogen (secondary N) is 1. The van der Waals surface area contributed by atoms with Crippen LogP contribution in [0.1, 0.15) is 10.4 Å². The molecule has 0 fully saturated rings. The Hall–Kier alpha value is -3.17. The predicted molar refractivity (Wildman–Crippen MR) is 117 cm³/mol. The molecule has 0 bridgehead atoms. The van der Waals surface area contributed by atoms with Crippen molar-refractivity contribution in [2.75, 3.05) is 35.5 Å². The second kappa shape index (κ2) is 7.26. The first kappa shape index (κ1) is 20.1. The van der Waals surface area contributed by atoms with Gasteiger partial charge in [-0.2, -0.15) is 4.98 Å². The molecule has 4 rings (SSSR count). The molecule has 2 heterocycles. The highest BCUT2D eigenvalue weighted by molar-refractivity contribution is 7.90. The fourth-order valence-corrected chi connectivity index (χ4v) is 4.00. The summed E-state index contributed by atoms with van der Waals surface area (Å²) in [5.41, 5.74) is 2.33. The van der Waals surface area contributed by atoms with Gasteiger partial charge in [-0.05, 0) is 42.5 Å². The molecule has 154 valence electrons. The normalized spacial score (nSPS) is 13.5. The highest BCUT2D eigenvalue weighted by Crippen LogP contribution is 2.38. The van der Waals surface area contributed by atoms with Crippen LogP contribution in [0, 0.1) is 0 Å². The van der Waals surface area contributed by atoms with Crippen molar-refractivity contribution >= 4 is 56.2 Å². The molecular weight excluding hydrogens is 426 g/mol. The average molecular weight is 444 g/mol. The van der Waals surface area contributed by atoms with Gasteiger partial charge in [0, 0.05) is 31.1 Å². The molecule has 0 atom stereocenters. The zero-order chi connectivity index (χ0) is 21.6. The Morgan fingerprint density at radius 2 is 1.70 bits per heavy atom. The van der Waals surface area contributed by atoms with Crippen molar-refractivity contribution in [1.29, 1.82) is 0 Å². The lowest BCUT2D eigenvalue weighted by Crippen LogP contribution is -2.25. The summed E-state index contributed by atoms with van der Waals surface area (Å²) in [6.45, 7) is 0. The Kier molecular flexibility index (Phi) is 4.87. The van der Waals surface area contributed by atoms with E-state index in [4.69, 9.17) is 11.6 Å². The first-order chi connectivity index (χ1) is 14.1. The van der Waals surface area contributed by atoms with Gasteiger partial charge in [0.1, 0.15) is 5.69 Å². The van der Waals surface area contributed by atoms with Crippen LogP contribution in [-0.4, -0.2) is 44.6 Å². The molecule has 0 saturated heterocycles. The highest BCUT2D eigenvalue weighted by Gasteiger charge is 2.29. The van der Waals surface area contributed by atoms with Crippen molar-refractivity contribution in [1.82, 2.24) is 9.97 Å². The van der Waals surface area contributed by atoms with Crippen LogP contribution in [0.3, 0.4) is 0 Å². The number of hydrogen-bond donors (Lipinski definition) is 1. The van der Waals surface area contributed by atoms with Crippen LogP contribution in [0.2, 0.25) is 5.02 Å². The van der Waals surface area contributed by atoms with Gasteiger partial charge in [-0.25, -0.2) is 13.4 Å². The van der Waals surface area contributed by atoms with Crippen molar-refractivity contribution in [3.8, 4) is 0 Å². The smallest absolute Gasteiger partial charge is 0.260 e. The van der Waals surface area contributed by atoms with Gasteiger partial charge in [-0.15, -0.1) is 0 Å². The summed E-state index contributed by atoms with van der Waals surface area (Å²) in [4.78, 5) is 25.3. The van der Waals surface area contributed by atoms with Gasteiger partial charge >= 0.3 is 0 Å². The Balaban J connectivity index is 1.72. The van der Waals surface area contributed by atoms with Crippen LogP contribution in [0.4, 0.5) is 28.8 Å². The Morgan fingerprint density at radius 3 is 2.37 bits per heavy atom. The first-order valence-electron chi connectivity index (χ1n) is 8.90. The van der Waals surface area contributed by atoms with E-state index in [-0.39, 0.29) is 10.8 Å². The summed E-state index contributed by atoms with van der Waals surface area (Å²) in [5, 5.41) is 3.54. The summed E-state index contributed by atoms with van der Waals surface area (Å²) in [6, 6.07) is 11.4. The molecule has 1 aliphatic heterocycles. The quantitative estimate of drug-likeness (QED) is 0.660. The lowest BCUT2D eigenvalue weighted by molar-refractivity contribution is 0.0994. The molecule has 3 aromatic rings. The lowest BCUT2D eigenvalue weighted by Gasteiger charge is -2.21. The molecule has 0 saturated carbocycles. The summed E-state index contributed by atoms with van der Waals surface area (Å²) >= 11 is 6.09. The second-order valence-corrected chi connectivity index (χ2v) is 9.36. The fourth-order valence-electron chi connectivity index (χ4n) is 3.20. The number of aromatic nitrogens is 2. The molecule has 8 nitrogen and oxygen atoms in total. The number of hydrogen-bond acceptors (Lipinski definition) is 7. The third-order valence-electron chi connectivity index (χ3n) is 4.82. The molecule has 0 aliphatic carbocycles. The number of anilines is 5. The fraction of sp³-hybridized carbons (Fsp3) is 0.150. The number of fused-ring (bicyclic) bond motifs is 2. The van der Waals surface area contributed by atoms with Gasteiger partial charge in [0.15, 0.2) is 15.7 Å². The molecule has 10 heteroatoms. The number of carbonyl (C=O) groups excluding carboxylic acids is 1. The SMILES string of the molecule is CN1C(=O)c2cc(Cl)ccc2N(C)c2nc(Nc3ccc(S(C)(=O)=O)cc3)ncc21. The van der Waals surface area contributed by atoms with Gasteiger partial charge < -0.3 is 15.1 Å². The van der Waals surface area contributed by atoms with E-state index in [2.05, 4.69) is 15.3 Å². The van der Waals surface area contributed by atoms with Crippen LogP contribution >= 0.6 is 11.6 Å². The number of sulfone groups is 1. The zero-order valence-electron chi connectivity index (χ0n) is 16.4. The summed E-state index contributed by atoms with van der Waals surface area (Å²) in [6.07, 6.45) is 2.72. The van der Waals surface area contributed by atoms with Crippen molar-refractivity contribution in [3.63, 3.8) is 0 Å². The van der Waals surface area contributed by atoms with E-state index in [0.29, 0.717) is 39.4 Å². The summed E-state index contributed by atoms with van der Waals surface area (Å²) < 4.78 is 23.2. The van der Waals surface area contributed by atoms with Gasteiger partial charge in [0.2, 0.25) is 5.95 Å². The molecule has 0 spiro atoms. The van der Waals surface area contributed by atoms with Crippen molar-refractivity contribution in [2.45, 2.75) is 4.90 Å². The van der Waals surface area contributed by atoms with Crippen molar-refractivity contribution in [3.05, 3.63) is 59.2 Å². The molecule has 2 aromatic carbocycles. The molecule has 0 unspecified atom stereocenters. The molecule has 30 heavy (non-hydrogen) atoms. The van der Waals surface area contributed by atoms with E-state index < -0.39 is 9.84 Å². The van der Waals surface area contributed by atoms with E-state index >= 15 is 0 Å². The first-order valence-corrected chi connectivity index (χ1v) is 11.2. The van der Waals surface area contributed by atoms with Crippen LogP contribution in [0.15, 0.2) is 53.6 Å². The third kappa shape index (κ3) is 3.57. The minimum absolute atomic E-state index is 0.209. The second-order valence-electron chi connectivity index (χ2n) is 6.91. The summed E-state index contributed by atoms with van der Waals surface area (Å²) in [5.74, 6) is 0.641. The average Bonchev–Trinajstić information content (AvgIpc) is 2.78. The van der Waals surface area contributed by atoms with Crippen LogP contribution in [-0.2, 0) is 9.84 Å². The minimum Gasteiger partial charge on any atom is -0.327 e. The predicted octanol–water partition coefficient (Wildman–Crippen LogP) is 3.64. The molecule has 1 aromatic heterocycles. The molecule has 1 N–H and O–H groups in total. The van der Waals surface area contributed by atoms with Crippen LogP contribution in [0.25, 0.3) is 0 Å². The maximum atomic E-state index is 12.9. The summed E-state index contributed by atoms with van der Waals surface area (Å²) in [7, 11) is 0.202. The van der Waals surface area contributed by atoms with E-state index in [1.54, 1.807) is 43.6 Å². The van der Waals surface area contributed by atoms with Crippen LogP contribution in [0.5, 0.6) is 0 Å². The number of amides is 1. The number of halogens is 1. The van der Waals surface area contributed by atoms with E-state index in [1.165, 1.54) is 17.0 Å². The maximum absolute atomic E-state index is 12.9.